The quantitative estimate of drug-likeness (QED) is 0.658. The van der Waals surface area contributed by atoms with Crippen molar-refractivity contribution >= 4 is 11.8 Å². The lowest BCUT2D eigenvalue weighted by Crippen LogP contribution is -2.22. The van der Waals surface area contributed by atoms with Crippen LogP contribution in [-0.4, -0.2) is 29.6 Å². The second kappa shape index (κ2) is 7.70. The van der Waals surface area contributed by atoms with Gasteiger partial charge in [0.25, 0.3) is 0 Å². The molecule has 2 rings (SSSR count). The molecule has 0 saturated carbocycles. The third kappa shape index (κ3) is 4.27. The number of hydrogen-bond acceptors (Lipinski definition) is 4. The Labute approximate surface area is 135 Å². The summed E-state index contributed by atoms with van der Waals surface area (Å²) >= 11 is 0. The molecule has 0 fully saturated rings. The highest BCUT2D eigenvalue weighted by Crippen LogP contribution is 2.20. The van der Waals surface area contributed by atoms with Gasteiger partial charge in [0.15, 0.2) is 5.78 Å². The maximum Gasteiger partial charge on any atom is 0.313 e. The van der Waals surface area contributed by atoms with E-state index in [2.05, 4.69) is 0 Å². The number of benzene rings is 2. The summed E-state index contributed by atoms with van der Waals surface area (Å²) in [6.45, 7) is 3.13. The molecular weight excluding hydrogens is 292 g/mol. The molecule has 23 heavy (non-hydrogen) atoms. The van der Waals surface area contributed by atoms with Crippen molar-refractivity contribution in [3.05, 3.63) is 71.3 Å². The maximum absolute atomic E-state index is 12.5. The van der Waals surface area contributed by atoms with Gasteiger partial charge < -0.3 is 9.84 Å². The van der Waals surface area contributed by atoms with E-state index >= 15 is 0 Å². The summed E-state index contributed by atoms with van der Waals surface area (Å²) in [5.74, 6) is -1.01. The van der Waals surface area contributed by atoms with Crippen molar-refractivity contribution in [3.63, 3.8) is 0 Å². The van der Waals surface area contributed by atoms with Gasteiger partial charge in [-0.1, -0.05) is 48.5 Å². The zero-order valence-electron chi connectivity index (χ0n) is 13.2. The average molecular weight is 312 g/mol. The zero-order valence-corrected chi connectivity index (χ0v) is 13.2. The Morgan fingerprint density at radius 2 is 1.65 bits per heavy atom. The van der Waals surface area contributed by atoms with Crippen molar-refractivity contribution in [3.8, 4) is 0 Å². The van der Waals surface area contributed by atoms with Gasteiger partial charge in [0.2, 0.25) is 0 Å². The molecule has 2 atom stereocenters. The zero-order chi connectivity index (χ0) is 16.8. The van der Waals surface area contributed by atoms with E-state index < -0.39 is 18.0 Å². The van der Waals surface area contributed by atoms with Crippen LogP contribution < -0.4 is 0 Å². The van der Waals surface area contributed by atoms with Crippen LogP contribution in [0.25, 0.3) is 0 Å². The summed E-state index contributed by atoms with van der Waals surface area (Å²) in [4.78, 5) is 24.5. The minimum Gasteiger partial charge on any atom is -0.460 e. The second-order valence-corrected chi connectivity index (χ2v) is 5.47. The van der Waals surface area contributed by atoms with Crippen molar-refractivity contribution in [1.82, 2.24) is 0 Å². The Kier molecular flexibility index (Phi) is 5.66. The molecule has 1 unspecified atom stereocenters. The highest BCUT2D eigenvalue weighted by atomic mass is 16.6. The number of aliphatic hydroxyl groups excluding tert-OH is 1. The van der Waals surface area contributed by atoms with Gasteiger partial charge >= 0.3 is 5.97 Å². The van der Waals surface area contributed by atoms with Gasteiger partial charge in [-0.05, 0) is 25.5 Å². The van der Waals surface area contributed by atoms with Crippen LogP contribution in [0.3, 0.4) is 0 Å². The van der Waals surface area contributed by atoms with Gasteiger partial charge in [-0.3, -0.25) is 9.59 Å². The van der Waals surface area contributed by atoms with Crippen molar-refractivity contribution in [1.29, 1.82) is 0 Å². The molecule has 0 bridgehead atoms. The number of carbonyl (C=O) groups is 2. The fourth-order valence-electron chi connectivity index (χ4n) is 2.18. The van der Waals surface area contributed by atoms with Crippen LogP contribution in [0.1, 0.15) is 41.3 Å². The summed E-state index contributed by atoms with van der Waals surface area (Å²) < 4.78 is 5.13. The Morgan fingerprint density at radius 3 is 2.30 bits per heavy atom. The number of esters is 1. The number of hydrogen-bond donors (Lipinski definition) is 1. The van der Waals surface area contributed by atoms with Crippen molar-refractivity contribution in [2.24, 2.45) is 0 Å². The van der Waals surface area contributed by atoms with Gasteiger partial charge in [0.05, 0.1) is 12.5 Å². The molecule has 0 aromatic heterocycles. The first kappa shape index (κ1) is 16.9. The van der Waals surface area contributed by atoms with Crippen molar-refractivity contribution < 1.29 is 19.4 Å². The molecule has 4 nitrogen and oxygen atoms in total. The van der Waals surface area contributed by atoms with Crippen LogP contribution in [0.15, 0.2) is 54.6 Å². The molecule has 0 aliphatic heterocycles. The predicted molar refractivity (Wildman–Crippen MR) is 87.4 cm³/mol. The first-order chi connectivity index (χ1) is 11.0. The minimum atomic E-state index is -0.543. The molecule has 0 heterocycles. The lowest BCUT2D eigenvalue weighted by atomic mass is 9.96. The van der Waals surface area contributed by atoms with Crippen LogP contribution in [-0.2, 0) is 9.53 Å². The van der Waals surface area contributed by atoms with Crippen LogP contribution in [0, 0.1) is 0 Å². The first-order valence-corrected chi connectivity index (χ1v) is 7.54. The second-order valence-electron chi connectivity index (χ2n) is 5.47. The summed E-state index contributed by atoms with van der Waals surface area (Å²) in [6.07, 6.45) is -0.543. The monoisotopic (exact) mass is 312 g/mol. The van der Waals surface area contributed by atoms with Crippen LogP contribution >= 0.6 is 0 Å². The van der Waals surface area contributed by atoms with E-state index in [-0.39, 0.29) is 12.4 Å². The molecule has 2 aromatic carbocycles. The summed E-state index contributed by atoms with van der Waals surface area (Å²) in [5.41, 5.74) is 1.85. The smallest absolute Gasteiger partial charge is 0.313 e. The lowest BCUT2D eigenvalue weighted by molar-refractivity contribution is -0.151. The van der Waals surface area contributed by atoms with E-state index in [1.165, 1.54) is 0 Å². The topological polar surface area (TPSA) is 63.6 Å². The summed E-state index contributed by atoms with van der Waals surface area (Å²) in [7, 11) is 0. The van der Waals surface area contributed by atoms with Crippen LogP contribution in [0.5, 0.6) is 0 Å². The standard InChI is InChI=1S/C19H20O4/c1-13(12-20)23-19(22)14(2)16-9-6-10-17(11-16)18(21)15-7-4-3-5-8-15/h3-11,13-14,20H,12H2,1-2H3/t13?,14-/m0/s1. The Morgan fingerprint density at radius 1 is 1.00 bits per heavy atom. The molecular formula is C19H20O4. The van der Waals surface area contributed by atoms with Gasteiger partial charge in [-0.25, -0.2) is 0 Å². The molecule has 4 heteroatoms. The van der Waals surface area contributed by atoms with Crippen molar-refractivity contribution in [2.45, 2.75) is 25.9 Å². The van der Waals surface area contributed by atoms with Gasteiger partial charge in [-0.2, -0.15) is 0 Å². The normalized spacial score (nSPS) is 13.2. The highest BCUT2D eigenvalue weighted by molar-refractivity contribution is 6.09. The molecule has 0 saturated heterocycles. The lowest BCUT2D eigenvalue weighted by Gasteiger charge is -2.16. The molecule has 0 aliphatic rings. The number of rotatable bonds is 6. The Balaban J connectivity index is 2.19. The van der Waals surface area contributed by atoms with Crippen molar-refractivity contribution in [2.75, 3.05) is 6.61 Å². The van der Waals surface area contributed by atoms with Gasteiger partial charge in [0.1, 0.15) is 6.10 Å². The number of ketones is 1. The predicted octanol–water partition coefficient (Wildman–Crippen LogP) is 2.95. The molecule has 1 N–H and O–H groups in total. The van der Waals surface area contributed by atoms with Gasteiger partial charge in [-0.15, -0.1) is 0 Å². The third-order valence-corrected chi connectivity index (χ3v) is 3.61. The molecule has 0 radical (unpaired) electrons. The summed E-state index contributed by atoms with van der Waals surface area (Å²) in [6, 6.07) is 16.0. The number of carbonyl (C=O) groups excluding carboxylic acids is 2. The van der Waals surface area contributed by atoms with Crippen LogP contribution in [0.2, 0.25) is 0 Å². The van der Waals surface area contributed by atoms with E-state index in [4.69, 9.17) is 9.84 Å². The van der Waals surface area contributed by atoms with E-state index in [1.807, 2.05) is 18.2 Å². The number of ether oxygens (including phenoxy) is 1. The SMILES string of the molecule is CC(CO)OC(=O)[C@@H](C)c1cccc(C(=O)c2ccccc2)c1. The van der Waals surface area contributed by atoms with Gasteiger partial charge in [0, 0.05) is 11.1 Å². The molecule has 120 valence electrons. The fraction of sp³-hybridized carbons (Fsp3) is 0.263. The summed E-state index contributed by atoms with van der Waals surface area (Å²) in [5, 5.41) is 8.96. The maximum atomic E-state index is 12.5. The van der Waals surface area contributed by atoms with Crippen LogP contribution in [0.4, 0.5) is 0 Å². The molecule has 0 amide bonds. The fourth-order valence-corrected chi connectivity index (χ4v) is 2.18. The Bertz CT molecular complexity index is 679. The molecule has 0 aliphatic carbocycles. The minimum absolute atomic E-state index is 0.0863. The highest BCUT2D eigenvalue weighted by Gasteiger charge is 2.20. The number of aliphatic hydroxyl groups is 1. The van der Waals surface area contributed by atoms with E-state index in [1.54, 1.807) is 50.2 Å². The van der Waals surface area contributed by atoms with E-state index in [0.29, 0.717) is 16.7 Å². The molecule has 2 aromatic rings. The van der Waals surface area contributed by atoms with E-state index in [0.717, 1.165) is 0 Å². The Hall–Kier alpha value is -2.46. The largest absolute Gasteiger partial charge is 0.460 e. The average Bonchev–Trinajstić information content (AvgIpc) is 2.61. The molecule has 0 spiro atoms. The third-order valence-electron chi connectivity index (χ3n) is 3.61. The first-order valence-electron chi connectivity index (χ1n) is 7.54. The van der Waals surface area contributed by atoms with E-state index in [9.17, 15) is 9.59 Å².